The highest BCUT2D eigenvalue weighted by Crippen LogP contribution is 2.32. The Labute approximate surface area is 112 Å². The molecule has 1 unspecified atom stereocenters. The van der Waals surface area contributed by atoms with Crippen LogP contribution < -0.4 is 5.32 Å². The fraction of sp³-hybridized carbons (Fsp3) is 1.00. The van der Waals surface area contributed by atoms with Crippen LogP contribution in [0, 0.1) is 5.92 Å². The van der Waals surface area contributed by atoms with E-state index in [1.54, 1.807) is 0 Å². The van der Waals surface area contributed by atoms with Crippen LogP contribution in [-0.4, -0.2) is 41.9 Å². The average Bonchev–Trinajstić information content (AvgIpc) is 2.53. The molecule has 2 fully saturated rings. The number of ether oxygens (including phenoxy) is 1. The molecule has 2 heterocycles. The molecule has 0 radical (unpaired) electrons. The maximum Gasteiger partial charge on any atom is 0.117 e. The Morgan fingerprint density at radius 3 is 2.28 bits per heavy atom. The Morgan fingerprint density at radius 1 is 1.22 bits per heavy atom. The van der Waals surface area contributed by atoms with E-state index in [2.05, 4.69) is 44.8 Å². The summed E-state index contributed by atoms with van der Waals surface area (Å²) < 4.78 is 6.01. The van der Waals surface area contributed by atoms with E-state index in [0.29, 0.717) is 6.04 Å². The van der Waals surface area contributed by atoms with Gasteiger partial charge in [-0.05, 0) is 72.9 Å². The maximum atomic E-state index is 6.01. The smallest absolute Gasteiger partial charge is 0.117 e. The topological polar surface area (TPSA) is 24.5 Å². The number of nitrogens with zero attached hydrogens (tertiary/aromatic N) is 1. The quantitative estimate of drug-likeness (QED) is 0.838. The largest absolute Gasteiger partial charge is 0.359 e. The normalized spacial score (nSPS) is 34.3. The van der Waals surface area contributed by atoms with Crippen molar-refractivity contribution in [2.75, 3.05) is 19.7 Å². The molecule has 0 aromatic carbocycles. The summed E-state index contributed by atoms with van der Waals surface area (Å²) in [6.45, 7) is 14.6. The van der Waals surface area contributed by atoms with Crippen LogP contribution in [0.25, 0.3) is 0 Å². The van der Waals surface area contributed by atoms with Crippen molar-refractivity contribution in [1.29, 1.82) is 0 Å². The van der Waals surface area contributed by atoms with E-state index in [9.17, 15) is 0 Å². The second-order valence-electron chi connectivity index (χ2n) is 7.31. The lowest BCUT2D eigenvalue weighted by molar-refractivity contribution is -0.0220. The summed E-state index contributed by atoms with van der Waals surface area (Å²) in [6, 6.07) is 0.696. The average molecular weight is 254 g/mol. The minimum absolute atomic E-state index is 0.103. The van der Waals surface area contributed by atoms with Crippen LogP contribution in [0.5, 0.6) is 0 Å². The fourth-order valence-corrected chi connectivity index (χ4v) is 3.46. The summed E-state index contributed by atoms with van der Waals surface area (Å²) in [5, 5.41) is 3.65. The Bertz CT molecular complexity index is 282. The van der Waals surface area contributed by atoms with Crippen molar-refractivity contribution in [1.82, 2.24) is 10.2 Å². The number of hydrogen-bond donors (Lipinski definition) is 1. The third-order valence-corrected chi connectivity index (χ3v) is 4.41. The highest BCUT2D eigenvalue weighted by molar-refractivity contribution is 4.93. The van der Waals surface area contributed by atoms with Gasteiger partial charge >= 0.3 is 0 Å². The predicted octanol–water partition coefficient (Wildman–Crippen LogP) is 2.61. The van der Waals surface area contributed by atoms with Gasteiger partial charge in [0.15, 0.2) is 0 Å². The van der Waals surface area contributed by atoms with E-state index in [1.165, 1.54) is 25.9 Å². The highest BCUT2D eigenvalue weighted by Gasteiger charge is 2.41. The van der Waals surface area contributed by atoms with Crippen LogP contribution in [0.3, 0.4) is 0 Å². The van der Waals surface area contributed by atoms with Gasteiger partial charge in [0, 0.05) is 11.6 Å². The van der Waals surface area contributed by atoms with Crippen LogP contribution in [0.4, 0.5) is 0 Å². The van der Waals surface area contributed by atoms with Crippen LogP contribution in [-0.2, 0) is 4.74 Å². The predicted molar refractivity (Wildman–Crippen MR) is 75.6 cm³/mol. The first kappa shape index (κ1) is 14.3. The van der Waals surface area contributed by atoms with Gasteiger partial charge < -0.3 is 9.64 Å². The lowest BCUT2D eigenvalue weighted by atomic mass is 9.88. The van der Waals surface area contributed by atoms with Gasteiger partial charge in [-0.3, -0.25) is 5.32 Å². The van der Waals surface area contributed by atoms with Crippen molar-refractivity contribution in [3.63, 3.8) is 0 Å². The molecule has 1 atom stereocenters. The summed E-state index contributed by atoms with van der Waals surface area (Å²) >= 11 is 0. The zero-order chi connectivity index (χ0) is 13.4. The first-order valence-corrected chi connectivity index (χ1v) is 7.47. The molecule has 2 aliphatic heterocycles. The minimum Gasteiger partial charge on any atom is -0.359 e. The molecule has 3 heteroatoms. The monoisotopic (exact) mass is 254 g/mol. The second kappa shape index (κ2) is 5.10. The molecule has 0 aromatic rings. The summed E-state index contributed by atoms with van der Waals surface area (Å²) in [5.41, 5.74) is 0.0293. The number of rotatable bonds is 3. The zero-order valence-electron chi connectivity index (χ0n) is 12.8. The molecule has 1 N–H and O–H groups in total. The first-order valence-electron chi connectivity index (χ1n) is 7.47. The number of nitrogens with one attached hydrogen (secondary N) is 1. The van der Waals surface area contributed by atoms with Gasteiger partial charge in [0.1, 0.15) is 5.72 Å². The van der Waals surface area contributed by atoms with Crippen molar-refractivity contribution < 1.29 is 4.74 Å². The lowest BCUT2D eigenvalue weighted by Gasteiger charge is -2.38. The third kappa shape index (κ3) is 3.46. The molecule has 106 valence electrons. The standard InChI is InChI=1S/C15H30N2O/c1-12(2)17-8-6-13(7-9-17)10-15(5)16-14(3,4)11-18-15/h12-13,16H,6-11H2,1-5H3. The van der Waals surface area contributed by atoms with E-state index in [4.69, 9.17) is 4.74 Å². The van der Waals surface area contributed by atoms with Crippen molar-refractivity contribution in [3.05, 3.63) is 0 Å². The van der Waals surface area contributed by atoms with Gasteiger partial charge in [0.05, 0.1) is 6.61 Å². The lowest BCUT2D eigenvalue weighted by Crippen LogP contribution is -2.48. The second-order valence-corrected chi connectivity index (χ2v) is 7.31. The van der Waals surface area contributed by atoms with Crippen molar-refractivity contribution in [2.24, 2.45) is 5.92 Å². The van der Waals surface area contributed by atoms with Crippen molar-refractivity contribution >= 4 is 0 Å². The molecule has 0 aliphatic carbocycles. The summed E-state index contributed by atoms with van der Waals surface area (Å²) in [6.07, 6.45) is 3.79. The Balaban J connectivity index is 1.82. The third-order valence-electron chi connectivity index (χ3n) is 4.41. The van der Waals surface area contributed by atoms with Crippen molar-refractivity contribution in [2.45, 2.75) is 71.2 Å². The summed E-state index contributed by atoms with van der Waals surface area (Å²) in [5.74, 6) is 0.811. The van der Waals surface area contributed by atoms with Crippen LogP contribution in [0.1, 0.15) is 53.9 Å². The van der Waals surface area contributed by atoms with Crippen molar-refractivity contribution in [3.8, 4) is 0 Å². The SMILES string of the molecule is CC(C)N1CCC(CC2(C)NC(C)(C)CO2)CC1. The van der Waals surface area contributed by atoms with E-state index in [1.807, 2.05) is 0 Å². The van der Waals surface area contributed by atoms with Gasteiger partial charge in [-0.15, -0.1) is 0 Å². The number of hydrogen-bond acceptors (Lipinski definition) is 3. The molecule has 0 spiro atoms. The van der Waals surface area contributed by atoms with Crippen LogP contribution in [0.2, 0.25) is 0 Å². The zero-order valence-corrected chi connectivity index (χ0v) is 12.8. The van der Waals surface area contributed by atoms with E-state index in [0.717, 1.165) is 18.9 Å². The molecule has 2 aliphatic rings. The molecular weight excluding hydrogens is 224 g/mol. The summed E-state index contributed by atoms with van der Waals surface area (Å²) in [7, 11) is 0. The van der Waals surface area contributed by atoms with E-state index >= 15 is 0 Å². The molecule has 0 bridgehead atoms. The van der Waals surface area contributed by atoms with Gasteiger partial charge in [-0.2, -0.15) is 0 Å². The van der Waals surface area contributed by atoms with Gasteiger partial charge in [0.25, 0.3) is 0 Å². The van der Waals surface area contributed by atoms with Crippen LogP contribution in [0.15, 0.2) is 0 Å². The fourth-order valence-electron chi connectivity index (χ4n) is 3.46. The summed E-state index contributed by atoms with van der Waals surface area (Å²) in [4.78, 5) is 2.59. The van der Waals surface area contributed by atoms with Crippen LogP contribution >= 0.6 is 0 Å². The number of likely N-dealkylation sites (tertiary alicyclic amines) is 1. The first-order chi connectivity index (χ1) is 8.30. The van der Waals surface area contributed by atoms with Gasteiger partial charge in [-0.25, -0.2) is 0 Å². The molecular formula is C15H30N2O. The maximum absolute atomic E-state index is 6.01. The molecule has 3 nitrogen and oxygen atoms in total. The molecule has 2 saturated heterocycles. The molecule has 2 rings (SSSR count). The van der Waals surface area contributed by atoms with E-state index < -0.39 is 0 Å². The Kier molecular flexibility index (Phi) is 4.05. The van der Waals surface area contributed by atoms with Gasteiger partial charge in [-0.1, -0.05) is 0 Å². The highest BCUT2D eigenvalue weighted by atomic mass is 16.5. The van der Waals surface area contributed by atoms with Gasteiger partial charge in [0.2, 0.25) is 0 Å². The number of piperidine rings is 1. The van der Waals surface area contributed by atoms with E-state index in [-0.39, 0.29) is 11.3 Å². The molecule has 0 amide bonds. The molecule has 18 heavy (non-hydrogen) atoms. The Hall–Kier alpha value is -0.120. The minimum atomic E-state index is -0.103. The Morgan fingerprint density at radius 2 is 1.83 bits per heavy atom. The molecule has 0 aromatic heterocycles. The molecule has 0 saturated carbocycles.